The first-order valence-electron chi connectivity index (χ1n) is 11.6. The quantitative estimate of drug-likeness (QED) is 0.397. The maximum atomic E-state index is 12.9. The Hall–Kier alpha value is -2.91. The zero-order valence-electron chi connectivity index (χ0n) is 19.4. The summed E-state index contributed by atoms with van der Waals surface area (Å²) in [5.41, 5.74) is 1.41. The SMILES string of the molecule is COc1ccccc1C(=O)NCC1(c2ccccc2)CCN(C=NS(=O)(=O)CNC2CC2)CC1. The summed E-state index contributed by atoms with van der Waals surface area (Å²) < 4.78 is 33.5. The number of nitrogens with zero attached hydrogens (tertiary/aromatic N) is 2. The lowest BCUT2D eigenvalue weighted by Crippen LogP contribution is -2.48. The van der Waals surface area contributed by atoms with Gasteiger partial charge in [0.25, 0.3) is 15.9 Å². The van der Waals surface area contributed by atoms with E-state index in [1.165, 1.54) is 6.34 Å². The molecule has 0 bridgehead atoms. The van der Waals surface area contributed by atoms with Crippen molar-refractivity contribution in [3.05, 3.63) is 65.7 Å². The first-order valence-corrected chi connectivity index (χ1v) is 13.2. The van der Waals surface area contributed by atoms with Crippen molar-refractivity contribution in [1.29, 1.82) is 0 Å². The molecular formula is C25H32N4O4S. The average molecular weight is 485 g/mol. The van der Waals surface area contributed by atoms with E-state index in [1.54, 1.807) is 19.2 Å². The summed E-state index contributed by atoms with van der Waals surface area (Å²) >= 11 is 0. The standard InChI is InChI=1S/C25H32N4O4S/c1-33-23-10-6-5-9-22(23)24(30)26-17-25(20-7-3-2-4-8-20)13-15-29(16-14-25)18-28-34(31,32)19-27-21-11-12-21/h2-10,18,21,27H,11-17,19H2,1H3,(H,26,30). The van der Waals surface area contributed by atoms with Crippen LogP contribution < -0.4 is 15.4 Å². The lowest BCUT2D eigenvalue weighted by atomic mass is 9.72. The van der Waals surface area contributed by atoms with Crippen molar-refractivity contribution in [1.82, 2.24) is 15.5 Å². The fourth-order valence-electron chi connectivity index (χ4n) is 4.29. The van der Waals surface area contributed by atoms with Gasteiger partial charge in [0.2, 0.25) is 0 Å². The van der Waals surface area contributed by atoms with E-state index >= 15 is 0 Å². The van der Waals surface area contributed by atoms with Crippen LogP contribution in [0.15, 0.2) is 59.0 Å². The predicted octanol–water partition coefficient (Wildman–Crippen LogP) is 2.53. The number of carbonyl (C=O) groups is 1. The Balaban J connectivity index is 1.42. The van der Waals surface area contributed by atoms with Gasteiger partial charge in [-0.2, -0.15) is 4.40 Å². The zero-order chi connectivity index (χ0) is 24.0. The maximum Gasteiger partial charge on any atom is 0.267 e. The van der Waals surface area contributed by atoms with Crippen LogP contribution in [0.1, 0.15) is 41.6 Å². The van der Waals surface area contributed by atoms with Crippen molar-refractivity contribution < 1.29 is 17.9 Å². The molecule has 0 radical (unpaired) electrons. The second-order valence-electron chi connectivity index (χ2n) is 8.99. The van der Waals surface area contributed by atoms with Crippen LogP contribution in [0.25, 0.3) is 0 Å². The van der Waals surface area contributed by atoms with E-state index in [9.17, 15) is 13.2 Å². The van der Waals surface area contributed by atoms with E-state index in [2.05, 4.69) is 27.2 Å². The number of carbonyl (C=O) groups excluding carboxylic acids is 1. The third kappa shape index (κ3) is 6.15. The van der Waals surface area contributed by atoms with E-state index in [-0.39, 0.29) is 17.2 Å². The van der Waals surface area contributed by atoms with Gasteiger partial charge in [0.15, 0.2) is 0 Å². The minimum atomic E-state index is -3.53. The van der Waals surface area contributed by atoms with Crippen LogP contribution in [-0.4, -0.2) is 64.2 Å². The second-order valence-corrected chi connectivity index (χ2v) is 10.7. The second kappa shape index (κ2) is 10.6. The van der Waals surface area contributed by atoms with Crippen LogP contribution in [0, 0.1) is 0 Å². The number of nitrogens with one attached hydrogen (secondary N) is 2. The van der Waals surface area contributed by atoms with Crippen molar-refractivity contribution in [2.45, 2.75) is 37.1 Å². The monoisotopic (exact) mass is 484 g/mol. The molecule has 2 fully saturated rings. The molecule has 1 aliphatic carbocycles. The van der Waals surface area contributed by atoms with E-state index in [4.69, 9.17) is 4.74 Å². The maximum absolute atomic E-state index is 12.9. The smallest absolute Gasteiger partial charge is 0.267 e. The third-order valence-corrected chi connectivity index (χ3v) is 7.53. The highest BCUT2D eigenvalue weighted by atomic mass is 32.2. The predicted molar refractivity (Wildman–Crippen MR) is 133 cm³/mol. The Labute approximate surface area is 201 Å². The normalized spacial score (nSPS) is 18.1. The van der Waals surface area contributed by atoms with Crippen molar-refractivity contribution >= 4 is 22.3 Å². The van der Waals surface area contributed by atoms with Gasteiger partial charge in [-0.3, -0.25) is 10.1 Å². The van der Waals surface area contributed by atoms with E-state index in [1.807, 2.05) is 35.2 Å². The summed E-state index contributed by atoms with van der Waals surface area (Å²) in [4.78, 5) is 14.9. The Morgan fingerprint density at radius 2 is 1.79 bits per heavy atom. The minimum Gasteiger partial charge on any atom is -0.496 e. The largest absolute Gasteiger partial charge is 0.496 e. The fourth-order valence-corrected chi connectivity index (χ4v) is 5.09. The number of para-hydroxylation sites is 1. The van der Waals surface area contributed by atoms with Gasteiger partial charge in [0.05, 0.1) is 12.7 Å². The number of rotatable bonds is 10. The molecule has 0 unspecified atom stereocenters. The molecule has 2 aromatic rings. The molecule has 1 saturated heterocycles. The lowest BCUT2D eigenvalue weighted by molar-refractivity contribution is 0.0929. The summed E-state index contributed by atoms with van der Waals surface area (Å²) in [5, 5.41) is 6.11. The van der Waals surface area contributed by atoms with Crippen LogP contribution in [-0.2, 0) is 15.4 Å². The van der Waals surface area contributed by atoms with Crippen molar-refractivity contribution in [2.75, 3.05) is 32.6 Å². The molecule has 2 N–H and O–H groups in total. The molecule has 8 nitrogen and oxygen atoms in total. The Morgan fingerprint density at radius 1 is 1.12 bits per heavy atom. The minimum absolute atomic E-state index is 0.120. The van der Waals surface area contributed by atoms with Gasteiger partial charge in [-0.15, -0.1) is 0 Å². The fraction of sp³-hybridized carbons (Fsp3) is 0.440. The van der Waals surface area contributed by atoms with Gasteiger partial charge >= 0.3 is 0 Å². The van der Waals surface area contributed by atoms with Gasteiger partial charge < -0.3 is 15.0 Å². The first kappa shape index (κ1) is 24.2. The molecule has 1 amide bonds. The zero-order valence-corrected chi connectivity index (χ0v) is 20.3. The number of amides is 1. The van der Waals surface area contributed by atoms with Crippen LogP contribution in [0.5, 0.6) is 5.75 Å². The van der Waals surface area contributed by atoms with Crippen LogP contribution in [0.3, 0.4) is 0 Å². The lowest BCUT2D eigenvalue weighted by Gasteiger charge is -2.42. The van der Waals surface area contributed by atoms with Crippen LogP contribution in [0.2, 0.25) is 0 Å². The average Bonchev–Trinajstić information content (AvgIpc) is 3.71. The Kier molecular flexibility index (Phi) is 7.53. The van der Waals surface area contributed by atoms with Crippen molar-refractivity contribution in [3.8, 4) is 5.75 Å². The summed E-state index contributed by atoms with van der Waals surface area (Å²) in [6.07, 6.45) is 5.03. The summed E-state index contributed by atoms with van der Waals surface area (Å²) in [7, 11) is -1.98. The Morgan fingerprint density at radius 3 is 2.47 bits per heavy atom. The van der Waals surface area contributed by atoms with Crippen LogP contribution >= 0.6 is 0 Å². The summed E-state index contributed by atoms with van der Waals surface area (Å²) in [5.74, 6) is 0.244. The summed E-state index contributed by atoms with van der Waals surface area (Å²) in [6.45, 7) is 1.77. The highest BCUT2D eigenvalue weighted by molar-refractivity contribution is 7.90. The molecule has 4 rings (SSSR count). The Bertz CT molecular complexity index is 1110. The number of methoxy groups -OCH3 is 1. The number of hydrogen-bond donors (Lipinski definition) is 2. The van der Waals surface area contributed by atoms with Gasteiger partial charge in [-0.25, -0.2) is 8.42 Å². The molecule has 2 aliphatic rings. The molecule has 2 aromatic carbocycles. The number of piperidine rings is 1. The van der Waals surface area contributed by atoms with Crippen molar-refractivity contribution in [2.24, 2.45) is 4.40 Å². The van der Waals surface area contributed by atoms with Gasteiger partial charge in [0.1, 0.15) is 18.0 Å². The van der Waals surface area contributed by atoms with Crippen molar-refractivity contribution in [3.63, 3.8) is 0 Å². The highest BCUT2D eigenvalue weighted by Crippen LogP contribution is 2.35. The summed E-state index contributed by atoms with van der Waals surface area (Å²) in [6, 6.07) is 17.7. The molecule has 1 aliphatic heterocycles. The van der Waals surface area contributed by atoms with Gasteiger partial charge in [-0.05, 0) is 43.4 Å². The molecule has 182 valence electrons. The molecular weight excluding hydrogens is 452 g/mol. The van der Waals surface area contributed by atoms with Gasteiger partial charge in [0, 0.05) is 31.1 Å². The van der Waals surface area contributed by atoms with Crippen LogP contribution in [0.4, 0.5) is 0 Å². The molecule has 34 heavy (non-hydrogen) atoms. The number of sulfonamides is 1. The first-order chi connectivity index (χ1) is 16.4. The molecule has 0 aromatic heterocycles. The van der Waals surface area contributed by atoms with E-state index in [0.717, 1.165) is 31.2 Å². The van der Waals surface area contributed by atoms with E-state index < -0.39 is 10.0 Å². The molecule has 1 heterocycles. The third-order valence-electron chi connectivity index (χ3n) is 6.58. The molecule has 1 saturated carbocycles. The number of benzene rings is 2. The number of likely N-dealkylation sites (tertiary alicyclic amines) is 1. The number of ether oxygens (including phenoxy) is 1. The topological polar surface area (TPSA) is 100 Å². The van der Waals surface area contributed by atoms with Gasteiger partial charge in [-0.1, -0.05) is 42.5 Å². The molecule has 0 spiro atoms. The molecule has 0 atom stereocenters. The molecule has 9 heteroatoms. The highest BCUT2D eigenvalue weighted by Gasteiger charge is 2.36. The number of hydrogen-bond acceptors (Lipinski definition) is 5. The van der Waals surface area contributed by atoms with E-state index in [0.29, 0.717) is 37.0 Å².